The largest absolute Gasteiger partial charge is 0.458 e. The summed E-state index contributed by atoms with van der Waals surface area (Å²) >= 11 is 0. The Morgan fingerprint density at radius 3 is 2.38 bits per heavy atom. The third-order valence-corrected chi connectivity index (χ3v) is 9.57. The summed E-state index contributed by atoms with van der Waals surface area (Å²) in [6.07, 6.45) is -2.42. The van der Waals surface area contributed by atoms with Crippen LogP contribution in [-0.4, -0.2) is 64.6 Å². The maximum Gasteiger partial charge on any atom is 0.338 e. The van der Waals surface area contributed by atoms with Crippen molar-refractivity contribution < 1.29 is 38.8 Å². The van der Waals surface area contributed by atoms with Crippen LogP contribution in [0.2, 0.25) is 0 Å². The molecular formula is C29H36O8. The lowest BCUT2D eigenvalue weighted by Gasteiger charge is -2.64. The quantitative estimate of drug-likeness (QED) is 0.469. The fourth-order valence-electron chi connectivity index (χ4n) is 7.60. The summed E-state index contributed by atoms with van der Waals surface area (Å²) in [5.74, 6) is -2.78. The highest BCUT2D eigenvalue weighted by molar-refractivity contribution is 5.94. The van der Waals surface area contributed by atoms with Crippen LogP contribution in [-0.2, 0) is 23.8 Å². The van der Waals surface area contributed by atoms with Crippen molar-refractivity contribution in [1.29, 1.82) is 0 Å². The van der Waals surface area contributed by atoms with E-state index < -0.39 is 64.6 Å². The van der Waals surface area contributed by atoms with Gasteiger partial charge in [-0.3, -0.25) is 9.59 Å². The van der Waals surface area contributed by atoms with Gasteiger partial charge in [-0.15, -0.1) is 0 Å². The minimum Gasteiger partial charge on any atom is -0.458 e. The van der Waals surface area contributed by atoms with E-state index in [9.17, 15) is 24.6 Å². The SMILES string of the molecule is CC(=O)O[C@H]1C(=O)[C@]2(C)CC[C@H]3OC[C@@]3(O)[C@H]2[C@H](OC(=O)c2ccccc2)[C@@H]2C[C@H](O)C(C)=C1C2(C)C. The lowest BCUT2D eigenvalue weighted by Crippen LogP contribution is -2.75. The molecule has 200 valence electrons. The first kappa shape index (κ1) is 26.1. The zero-order valence-electron chi connectivity index (χ0n) is 22.0. The average molecular weight is 513 g/mol. The van der Waals surface area contributed by atoms with Crippen molar-refractivity contribution in [1.82, 2.24) is 0 Å². The van der Waals surface area contributed by atoms with Gasteiger partial charge in [-0.1, -0.05) is 39.0 Å². The second kappa shape index (κ2) is 8.75. The van der Waals surface area contributed by atoms with Crippen LogP contribution >= 0.6 is 0 Å². The fourth-order valence-corrected chi connectivity index (χ4v) is 7.60. The summed E-state index contributed by atoms with van der Waals surface area (Å²) in [4.78, 5) is 40.1. The van der Waals surface area contributed by atoms with Crippen molar-refractivity contribution in [3.63, 3.8) is 0 Å². The molecule has 2 N–H and O–H groups in total. The summed E-state index contributed by atoms with van der Waals surface area (Å²) in [5, 5.41) is 23.1. The number of Topliss-reactive ketones (excluding diaryl/α,β-unsaturated/α-hetero) is 1. The predicted molar refractivity (Wildman–Crippen MR) is 132 cm³/mol. The number of ketones is 1. The number of aliphatic hydroxyl groups is 2. The van der Waals surface area contributed by atoms with Crippen LogP contribution in [0.5, 0.6) is 0 Å². The van der Waals surface area contributed by atoms with E-state index in [1.54, 1.807) is 44.2 Å². The molecule has 1 aliphatic heterocycles. The smallest absolute Gasteiger partial charge is 0.338 e. The maximum atomic E-state index is 14.5. The summed E-state index contributed by atoms with van der Waals surface area (Å²) in [7, 11) is 0. The van der Waals surface area contributed by atoms with Crippen molar-refractivity contribution in [3.8, 4) is 0 Å². The molecule has 4 aliphatic rings. The molecule has 1 heterocycles. The zero-order chi connectivity index (χ0) is 26.9. The normalized spacial score (nSPS) is 40.4. The van der Waals surface area contributed by atoms with E-state index in [1.165, 1.54) is 6.92 Å². The average Bonchev–Trinajstić information content (AvgIpc) is 2.83. The molecule has 2 bridgehead atoms. The molecule has 3 aliphatic carbocycles. The third kappa shape index (κ3) is 3.79. The van der Waals surface area contributed by atoms with Crippen molar-refractivity contribution in [2.75, 3.05) is 6.61 Å². The molecule has 8 nitrogen and oxygen atoms in total. The van der Waals surface area contributed by atoms with Gasteiger partial charge in [0.05, 0.1) is 24.4 Å². The molecule has 1 aromatic rings. The molecule has 2 saturated carbocycles. The highest BCUT2D eigenvalue weighted by Crippen LogP contribution is 2.62. The van der Waals surface area contributed by atoms with Gasteiger partial charge in [0, 0.05) is 24.2 Å². The maximum absolute atomic E-state index is 14.5. The first-order valence-electron chi connectivity index (χ1n) is 13.0. The summed E-state index contributed by atoms with van der Waals surface area (Å²) < 4.78 is 17.7. The van der Waals surface area contributed by atoms with Gasteiger partial charge in [0.25, 0.3) is 0 Å². The summed E-state index contributed by atoms with van der Waals surface area (Å²) in [6, 6.07) is 8.61. The number of hydrogen-bond donors (Lipinski definition) is 2. The number of carbonyl (C=O) groups excluding carboxylic acids is 3. The minimum absolute atomic E-state index is 0.0141. The minimum atomic E-state index is -1.40. The molecular weight excluding hydrogens is 476 g/mol. The second-order valence-electron chi connectivity index (χ2n) is 12.0. The van der Waals surface area contributed by atoms with Gasteiger partial charge in [-0.25, -0.2) is 4.79 Å². The lowest BCUT2D eigenvalue weighted by atomic mass is 9.47. The van der Waals surface area contributed by atoms with E-state index in [1.807, 2.05) is 13.8 Å². The summed E-state index contributed by atoms with van der Waals surface area (Å²) in [6.45, 7) is 8.69. The Morgan fingerprint density at radius 1 is 1.11 bits per heavy atom. The monoisotopic (exact) mass is 512 g/mol. The molecule has 0 radical (unpaired) electrons. The Bertz CT molecular complexity index is 1160. The number of hydrogen-bond acceptors (Lipinski definition) is 8. The molecule has 1 saturated heterocycles. The Morgan fingerprint density at radius 2 is 1.78 bits per heavy atom. The molecule has 1 aromatic carbocycles. The Kier molecular flexibility index (Phi) is 6.17. The topological polar surface area (TPSA) is 119 Å². The van der Waals surface area contributed by atoms with Crippen molar-refractivity contribution >= 4 is 17.7 Å². The highest BCUT2D eigenvalue weighted by atomic mass is 16.6. The fraction of sp³-hybridized carbons (Fsp3) is 0.621. The van der Waals surface area contributed by atoms with E-state index >= 15 is 0 Å². The molecule has 37 heavy (non-hydrogen) atoms. The van der Waals surface area contributed by atoms with Gasteiger partial charge in [-0.2, -0.15) is 0 Å². The molecule has 0 unspecified atom stereocenters. The number of benzene rings is 1. The number of rotatable bonds is 3. The van der Waals surface area contributed by atoms with Crippen molar-refractivity contribution in [3.05, 3.63) is 47.0 Å². The first-order valence-corrected chi connectivity index (χ1v) is 13.0. The van der Waals surface area contributed by atoms with Gasteiger partial charge in [0.15, 0.2) is 11.9 Å². The third-order valence-electron chi connectivity index (χ3n) is 9.57. The Hall–Kier alpha value is -2.55. The number of esters is 2. The van der Waals surface area contributed by atoms with Crippen LogP contribution in [0.3, 0.4) is 0 Å². The van der Waals surface area contributed by atoms with E-state index in [0.29, 0.717) is 29.6 Å². The number of aliphatic hydroxyl groups excluding tert-OH is 1. The summed E-state index contributed by atoms with van der Waals surface area (Å²) in [5.41, 5.74) is -1.86. The number of carbonyl (C=O) groups is 3. The standard InChI is InChI=1S/C29H36O8/c1-15-19(31)13-18-22(37-26(33)17-9-7-6-8-10-17)24-28(5,12-11-20-29(24,34)14-35-20)25(32)23(36-16(2)30)21(15)27(18,3)4/h6-10,18-20,22-24,31,34H,11-14H2,1-5H3/t18-,19-,20+,22+,23+,24-,28+,29-/m0/s1. The van der Waals surface area contributed by atoms with Gasteiger partial charge in [-0.05, 0) is 54.9 Å². The van der Waals surface area contributed by atoms with Crippen LogP contribution in [0.4, 0.5) is 0 Å². The predicted octanol–water partition coefficient (Wildman–Crippen LogP) is 3.00. The van der Waals surface area contributed by atoms with Crippen LogP contribution in [0, 0.1) is 22.7 Å². The molecule has 8 atom stereocenters. The molecule has 0 aromatic heterocycles. The Balaban J connectivity index is 1.72. The second-order valence-corrected chi connectivity index (χ2v) is 12.0. The molecule has 8 heteroatoms. The van der Waals surface area contributed by atoms with Crippen molar-refractivity contribution in [2.45, 2.75) is 83.9 Å². The lowest BCUT2D eigenvalue weighted by molar-refractivity contribution is -0.316. The zero-order valence-corrected chi connectivity index (χ0v) is 22.0. The van der Waals surface area contributed by atoms with Gasteiger partial charge < -0.3 is 24.4 Å². The molecule has 0 amide bonds. The molecule has 0 spiro atoms. The van der Waals surface area contributed by atoms with E-state index in [2.05, 4.69) is 0 Å². The van der Waals surface area contributed by atoms with Crippen LogP contribution in [0.25, 0.3) is 0 Å². The van der Waals surface area contributed by atoms with Crippen LogP contribution < -0.4 is 0 Å². The van der Waals surface area contributed by atoms with E-state index in [-0.39, 0.29) is 18.8 Å². The Labute approximate surface area is 217 Å². The van der Waals surface area contributed by atoms with Gasteiger partial charge >= 0.3 is 11.9 Å². The van der Waals surface area contributed by atoms with Crippen molar-refractivity contribution in [2.24, 2.45) is 22.7 Å². The number of fused-ring (bicyclic) bond motifs is 5. The van der Waals surface area contributed by atoms with Gasteiger partial charge in [0.2, 0.25) is 0 Å². The van der Waals surface area contributed by atoms with E-state index in [0.717, 1.165) is 0 Å². The van der Waals surface area contributed by atoms with Crippen LogP contribution in [0.15, 0.2) is 41.5 Å². The molecule has 5 rings (SSSR count). The van der Waals surface area contributed by atoms with Crippen LogP contribution in [0.1, 0.15) is 64.2 Å². The number of ether oxygens (including phenoxy) is 3. The highest BCUT2D eigenvalue weighted by Gasteiger charge is 2.71. The van der Waals surface area contributed by atoms with E-state index in [4.69, 9.17) is 14.2 Å². The first-order chi connectivity index (χ1) is 17.3. The molecule has 3 fully saturated rings. The van der Waals surface area contributed by atoms with Gasteiger partial charge in [0.1, 0.15) is 11.7 Å².